The third kappa shape index (κ3) is 4.11. The Balaban J connectivity index is 1.67. The van der Waals surface area contributed by atoms with E-state index >= 15 is 0 Å². The highest BCUT2D eigenvalue weighted by molar-refractivity contribution is 7.81. The van der Waals surface area contributed by atoms with Crippen molar-refractivity contribution >= 4 is 43.3 Å². The lowest BCUT2D eigenvalue weighted by Gasteiger charge is -2.27. The lowest BCUT2D eigenvalue weighted by molar-refractivity contribution is 0.365. The molecule has 0 unspecified atom stereocenters. The molecule has 3 aromatic heterocycles. The molecule has 1 fully saturated rings. The lowest BCUT2D eigenvalue weighted by atomic mass is 9.93. The third-order valence-corrected chi connectivity index (χ3v) is 7.81. The number of H-pyrrole nitrogens is 1. The van der Waals surface area contributed by atoms with Gasteiger partial charge in [-0.15, -0.1) is 6.42 Å². The number of hydrogen-bond donors (Lipinski definition) is 1. The van der Waals surface area contributed by atoms with E-state index in [2.05, 4.69) is 24.6 Å². The molecule has 7 nitrogen and oxygen atoms in total. The zero-order valence-electron chi connectivity index (χ0n) is 20.6. The molecule has 2 aromatic carbocycles. The van der Waals surface area contributed by atoms with Crippen molar-refractivity contribution in [2.45, 2.75) is 45.1 Å². The number of terminal acetylenes is 1. The second-order valence-electron chi connectivity index (χ2n) is 9.81. The fourth-order valence-electron chi connectivity index (χ4n) is 5.77. The van der Waals surface area contributed by atoms with E-state index in [1.54, 1.807) is 6.20 Å². The van der Waals surface area contributed by atoms with E-state index in [1.807, 2.05) is 37.3 Å². The summed E-state index contributed by atoms with van der Waals surface area (Å²) in [4.78, 5) is 21.5. The van der Waals surface area contributed by atoms with E-state index in [1.165, 1.54) is 12.5 Å². The summed E-state index contributed by atoms with van der Waals surface area (Å²) in [5.41, 5.74) is 5.06. The van der Waals surface area contributed by atoms with Crippen molar-refractivity contribution in [2.24, 2.45) is 0 Å². The van der Waals surface area contributed by atoms with Crippen LogP contribution in [0.2, 0.25) is 0 Å². The van der Waals surface area contributed by atoms with E-state index < -0.39 is 10.5 Å². The first-order valence-electron chi connectivity index (χ1n) is 12.4. The van der Waals surface area contributed by atoms with Crippen LogP contribution in [-0.2, 0) is 10.5 Å². The molecule has 1 aliphatic carbocycles. The Labute approximate surface area is 218 Å². The van der Waals surface area contributed by atoms with E-state index in [-0.39, 0.29) is 17.2 Å². The molecule has 3 heterocycles. The molecule has 0 saturated heterocycles. The number of fused-ring (bicyclic) bond motifs is 4. The molecule has 0 radical (unpaired) electrons. The van der Waals surface area contributed by atoms with Gasteiger partial charge in [-0.1, -0.05) is 35.1 Å². The zero-order valence-corrected chi connectivity index (χ0v) is 21.4. The van der Waals surface area contributed by atoms with Crippen LogP contribution in [0, 0.1) is 19.3 Å². The normalized spacial score (nSPS) is 14.8. The predicted octanol–water partition coefficient (Wildman–Crippen LogP) is 6.09. The summed E-state index contributed by atoms with van der Waals surface area (Å²) >= 11 is 0. The number of halogens is 1. The molecule has 5 aromatic rings. The van der Waals surface area contributed by atoms with Gasteiger partial charge in [-0.3, -0.25) is 9.78 Å². The van der Waals surface area contributed by atoms with Gasteiger partial charge in [-0.25, -0.2) is 0 Å². The fourth-order valence-corrected chi connectivity index (χ4v) is 6.09. The highest BCUT2D eigenvalue weighted by Crippen LogP contribution is 2.38. The largest absolute Gasteiger partial charge is 0.488 e. The first-order chi connectivity index (χ1) is 18.2. The Morgan fingerprint density at radius 2 is 1.89 bits per heavy atom. The van der Waals surface area contributed by atoms with E-state index in [0.717, 1.165) is 70.6 Å². The predicted molar refractivity (Wildman–Crippen MR) is 146 cm³/mol. The Bertz CT molecular complexity index is 1960. The maximum atomic E-state index is 13.9. The number of hydrogen-bond acceptors (Lipinski definition) is 5. The Hall–Kier alpha value is -4.16. The maximum Gasteiger partial charge on any atom is 0.488 e. The van der Waals surface area contributed by atoms with Gasteiger partial charge < -0.3 is 13.7 Å². The number of pyridine rings is 2. The number of benzene rings is 2. The van der Waals surface area contributed by atoms with Crippen molar-refractivity contribution < 1.29 is 16.5 Å². The van der Waals surface area contributed by atoms with Gasteiger partial charge in [0.2, 0.25) is 0 Å². The van der Waals surface area contributed by atoms with Crippen LogP contribution in [0.25, 0.3) is 44.0 Å². The smallest absolute Gasteiger partial charge is 0.357 e. The molecule has 192 valence electrons. The Kier molecular flexibility index (Phi) is 5.73. The molecule has 1 saturated carbocycles. The molecule has 0 aliphatic heterocycles. The summed E-state index contributed by atoms with van der Waals surface area (Å²) < 4.78 is 41.8. The Morgan fingerprint density at radius 3 is 2.63 bits per heavy atom. The van der Waals surface area contributed by atoms with Gasteiger partial charge >= 0.3 is 10.5 Å². The van der Waals surface area contributed by atoms with Crippen LogP contribution >= 0.6 is 0 Å². The number of aromatic nitrogens is 3. The maximum absolute atomic E-state index is 13.9. The molecule has 38 heavy (non-hydrogen) atoms. The quantitative estimate of drug-likeness (QED) is 0.225. The SMILES string of the molecule is C#Cc1ccc2c(c1)[nH]c1c2c(=O)c2cc(C)c(-c3cncc(OS(=O)(=O)F)c3)cc2n1C1CCCCC1. The van der Waals surface area contributed by atoms with Crippen LogP contribution < -0.4 is 9.61 Å². The second kappa shape index (κ2) is 8.99. The van der Waals surface area contributed by atoms with Crippen molar-refractivity contribution in [3.63, 3.8) is 0 Å². The van der Waals surface area contributed by atoms with Gasteiger partial charge in [-0.05, 0) is 61.2 Å². The van der Waals surface area contributed by atoms with Crippen LogP contribution in [0.3, 0.4) is 0 Å². The summed E-state index contributed by atoms with van der Waals surface area (Å²) in [6, 6.07) is 11.0. The minimum atomic E-state index is -5.19. The number of nitrogens with zero attached hydrogens (tertiary/aromatic N) is 2. The summed E-state index contributed by atoms with van der Waals surface area (Å²) in [5, 5.41) is 2.07. The van der Waals surface area contributed by atoms with Crippen LogP contribution in [0.15, 0.2) is 53.6 Å². The first-order valence-corrected chi connectivity index (χ1v) is 13.7. The van der Waals surface area contributed by atoms with Crippen molar-refractivity contribution in [3.8, 4) is 29.2 Å². The van der Waals surface area contributed by atoms with Gasteiger partial charge in [-0.2, -0.15) is 8.42 Å². The van der Waals surface area contributed by atoms with Crippen LogP contribution in [0.5, 0.6) is 5.75 Å². The average molecular weight is 530 g/mol. The van der Waals surface area contributed by atoms with Gasteiger partial charge in [0.25, 0.3) is 0 Å². The molecule has 1 aliphatic rings. The zero-order chi connectivity index (χ0) is 26.6. The fraction of sp³-hybridized carbons (Fsp3) is 0.241. The monoisotopic (exact) mass is 529 g/mol. The van der Waals surface area contributed by atoms with Gasteiger partial charge in [0.1, 0.15) is 5.65 Å². The summed E-state index contributed by atoms with van der Waals surface area (Å²) in [6.07, 6.45) is 13.7. The highest BCUT2D eigenvalue weighted by Gasteiger charge is 2.24. The topological polar surface area (TPSA) is 94.1 Å². The molecule has 1 N–H and O–H groups in total. The number of aryl methyl sites for hydroxylation is 1. The molecular formula is C29H24FN3O4S. The molecular weight excluding hydrogens is 505 g/mol. The molecule has 6 rings (SSSR count). The second-order valence-corrected chi connectivity index (χ2v) is 10.8. The number of rotatable bonds is 4. The first kappa shape index (κ1) is 24.2. The standard InChI is InChI=1S/C29H24FN3O4S/c1-3-18-9-10-22-25(12-18)32-29-27(22)28(34)24-11-17(2)23(14-26(24)33(29)20-7-5-4-6-8-20)19-13-21(16-31-15-19)37-38(30,35)36/h1,9-16,20,32H,4-8H2,2H3. The number of nitrogens with one attached hydrogen (secondary N) is 1. The molecule has 0 bridgehead atoms. The van der Waals surface area contributed by atoms with E-state index in [4.69, 9.17) is 6.42 Å². The summed E-state index contributed by atoms with van der Waals surface area (Å²) in [6.45, 7) is 1.87. The van der Waals surface area contributed by atoms with Crippen molar-refractivity contribution in [1.29, 1.82) is 0 Å². The van der Waals surface area contributed by atoms with Crippen molar-refractivity contribution in [2.75, 3.05) is 0 Å². The van der Waals surface area contributed by atoms with Gasteiger partial charge in [0, 0.05) is 39.7 Å². The minimum Gasteiger partial charge on any atom is -0.357 e. The van der Waals surface area contributed by atoms with E-state index in [9.17, 15) is 17.1 Å². The van der Waals surface area contributed by atoms with Crippen molar-refractivity contribution in [1.82, 2.24) is 14.5 Å². The van der Waals surface area contributed by atoms with Crippen LogP contribution in [-0.4, -0.2) is 23.0 Å². The van der Waals surface area contributed by atoms with Crippen molar-refractivity contribution in [3.05, 3.63) is 70.1 Å². The van der Waals surface area contributed by atoms with Crippen LogP contribution in [0.4, 0.5) is 3.89 Å². The molecule has 0 atom stereocenters. The number of aromatic amines is 1. The summed E-state index contributed by atoms with van der Waals surface area (Å²) in [7, 11) is -5.19. The van der Waals surface area contributed by atoms with E-state index in [0.29, 0.717) is 16.3 Å². The lowest BCUT2D eigenvalue weighted by Crippen LogP contribution is -2.18. The minimum absolute atomic E-state index is 0.0739. The molecule has 0 amide bonds. The van der Waals surface area contributed by atoms with Gasteiger partial charge in [0.15, 0.2) is 11.2 Å². The molecule has 9 heteroatoms. The average Bonchev–Trinajstić information content (AvgIpc) is 3.27. The van der Waals surface area contributed by atoms with Crippen LogP contribution in [0.1, 0.15) is 49.3 Å². The summed E-state index contributed by atoms with van der Waals surface area (Å²) in [5.74, 6) is 2.43. The highest BCUT2D eigenvalue weighted by atomic mass is 32.3. The molecule has 0 spiro atoms. The Morgan fingerprint density at radius 1 is 1.11 bits per heavy atom. The third-order valence-electron chi connectivity index (χ3n) is 7.42. The van der Waals surface area contributed by atoms with Gasteiger partial charge in [0.05, 0.1) is 17.1 Å².